The standard InChI is InChI=1S/C31H34N2O/c34-31(25-10-8-24(9-11-25)23-4-2-1-3-5-23)33-19-16-28-20-26(12-13-30(28)33)29-21-27(29)7-6-22-14-17-32-18-15-22/h1-5,8-13,20,22,27,29,32H,6-7,14-19,21H2. The van der Waals surface area contributed by atoms with Crippen molar-refractivity contribution in [2.45, 2.75) is 44.4 Å². The van der Waals surface area contributed by atoms with Gasteiger partial charge in [0.05, 0.1) is 0 Å². The van der Waals surface area contributed by atoms with Gasteiger partial charge in [-0.3, -0.25) is 4.79 Å². The van der Waals surface area contributed by atoms with Gasteiger partial charge >= 0.3 is 0 Å². The molecule has 2 heterocycles. The van der Waals surface area contributed by atoms with Gasteiger partial charge in [0, 0.05) is 17.8 Å². The van der Waals surface area contributed by atoms with Gasteiger partial charge in [-0.25, -0.2) is 0 Å². The van der Waals surface area contributed by atoms with Crippen LogP contribution in [-0.4, -0.2) is 25.5 Å². The molecule has 1 saturated heterocycles. The second kappa shape index (κ2) is 9.38. The van der Waals surface area contributed by atoms with Crippen LogP contribution in [0.1, 0.15) is 59.5 Å². The number of fused-ring (bicyclic) bond motifs is 1. The van der Waals surface area contributed by atoms with Gasteiger partial charge in [0.25, 0.3) is 5.91 Å². The van der Waals surface area contributed by atoms with E-state index in [0.717, 1.165) is 47.5 Å². The zero-order valence-electron chi connectivity index (χ0n) is 19.9. The highest BCUT2D eigenvalue weighted by Crippen LogP contribution is 2.51. The molecule has 2 aliphatic heterocycles. The third kappa shape index (κ3) is 4.42. The molecule has 1 saturated carbocycles. The molecule has 0 aromatic heterocycles. The fourth-order valence-electron chi connectivity index (χ4n) is 6.05. The third-order valence-corrected chi connectivity index (χ3v) is 8.24. The number of amides is 1. The van der Waals surface area contributed by atoms with Crippen LogP contribution in [-0.2, 0) is 6.42 Å². The first-order valence-corrected chi connectivity index (χ1v) is 13.1. The van der Waals surface area contributed by atoms with Gasteiger partial charge in [0.1, 0.15) is 0 Å². The molecule has 174 valence electrons. The first-order chi connectivity index (χ1) is 16.8. The van der Waals surface area contributed by atoms with Gasteiger partial charge in [-0.2, -0.15) is 0 Å². The Morgan fingerprint density at radius 2 is 1.65 bits per heavy atom. The number of hydrogen-bond donors (Lipinski definition) is 1. The predicted molar refractivity (Wildman–Crippen MR) is 139 cm³/mol. The van der Waals surface area contributed by atoms with E-state index in [1.54, 1.807) is 0 Å². The lowest BCUT2D eigenvalue weighted by Gasteiger charge is -2.22. The molecule has 0 radical (unpaired) electrons. The van der Waals surface area contributed by atoms with E-state index in [0.29, 0.717) is 0 Å². The fourth-order valence-corrected chi connectivity index (χ4v) is 6.05. The second-order valence-electron chi connectivity index (χ2n) is 10.4. The van der Waals surface area contributed by atoms with Crippen LogP contribution >= 0.6 is 0 Å². The summed E-state index contributed by atoms with van der Waals surface area (Å²) in [5.74, 6) is 2.65. The van der Waals surface area contributed by atoms with Crippen molar-refractivity contribution in [2.24, 2.45) is 11.8 Å². The van der Waals surface area contributed by atoms with Crippen molar-refractivity contribution in [1.82, 2.24) is 5.32 Å². The fraction of sp³-hybridized carbons (Fsp3) is 0.387. The zero-order valence-corrected chi connectivity index (χ0v) is 19.9. The van der Waals surface area contributed by atoms with Crippen LogP contribution in [0, 0.1) is 11.8 Å². The smallest absolute Gasteiger partial charge is 0.258 e. The van der Waals surface area contributed by atoms with Crippen LogP contribution in [0.15, 0.2) is 72.8 Å². The van der Waals surface area contributed by atoms with Crippen molar-refractivity contribution in [3.8, 4) is 11.1 Å². The summed E-state index contributed by atoms with van der Waals surface area (Å²) in [4.78, 5) is 15.3. The van der Waals surface area contributed by atoms with Crippen LogP contribution in [0.5, 0.6) is 0 Å². The molecule has 1 amide bonds. The van der Waals surface area contributed by atoms with Gasteiger partial charge in [-0.1, -0.05) is 61.0 Å². The van der Waals surface area contributed by atoms with E-state index in [4.69, 9.17) is 0 Å². The molecule has 1 aliphatic carbocycles. The number of hydrogen-bond acceptors (Lipinski definition) is 2. The molecule has 3 aliphatic rings. The first kappa shape index (κ1) is 21.6. The number of carbonyl (C=O) groups is 1. The molecule has 3 aromatic carbocycles. The molecule has 3 nitrogen and oxygen atoms in total. The Kier molecular flexibility index (Phi) is 5.97. The van der Waals surface area contributed by atoms with E-state index in [2.05, 4.69) is 47.8 Å². The number of anilines is 1. The lowest BCUT2D eigenvalue weighted by atomic mass is 9.91. The topological polar surface area (TPSA) is 32.3 Å². The summed E-state index contributed by atoms with van der Waals surface area (Å²) >= 11 is 0. The van der Waals surface area contributed by atoms with E-state index in [9.17, 15) is 4.79 Å². The average Bonchev–Trinajstić information content (AvgIpc) is 3.57. The maximum absolute atomic E-state index is 13.3. The first-order valence-electron chi connectivity index (χ1n) is 13.1. The van der Waals surface area contributed by atoms with E-state index in [-0.39, 0.29) is 5.91 Å². The summed E-state index contributed by atoms with van der Waals surface area (Å²) < 4.78 is 0. The van der Waals surface area contributed by atoms with Crippen LogP contribution < -0.4 is 10.2 Å². The van der Waals surface area contributed by atoms with Crippen molar-refractivity contribution < 1.29 is 4.79 Å². The predicted octanol–water partition coefficient (Wildman–Crippen LogP) is 6.44. The number of piperidine rings is 1. The lowest BCUT2D eigenvalue weighted by molar-refractivity contribution is 0.0989. The van der Waals surface area contributed by atoms with Gasteiger partial charge in [-0.15, -0.1) is 0 Å². The summed E-state index contributed by atoms with van der Waals surface area (Å²) in [7, 11) is 0. The minimum atomic E-state index is 0.109. The Labute approximate surface area is 203 Å². The number of rotatable bonds is 6. The highest BCUT2D eigenvalue weighted by molar-refractivity contribution is 6.07. The van der Waals surface area contributed by atoms with Crippen molar-refractivity contribution in [3.05, 3.63) is 89.5 Å². The normalized spacial score (nSPS) is 21.9. The second-order valence-corrected chi connectivity index (χ2v) is 10.4. The maximum Gasteiger partial charge on any atom is 0.258 e. The summed E-state index contributed by atoms with van der Waals surface area (Å²) in [5.41, 5.74) is 7.02. The van der Waals surface area contributed by atoms with Crippen molar-refractivity contribution in [2.75, 3.05) is 24.5 Å². The van der Waals surface area contributed by atoms with Gasteiger partial charge in [-0.05, 0) is 103 Å². The van der Waals surface area contributed by atoms with Gasteiger partial charge < -0.3 is 10.2 Å². The van der Waals surface area contributed by atoms with Gasteiger partial charge in [0.2, 0.25) is 0 Å². The van der Waals surface area contributed by atoms with Crippen LogP contribution in [0.2, 0.25) is 0 Å². The van der Waals surface area contributed by atoms with Crippen molar-refractivity contribution in [3.63, 3.8) is 0 Å². The number of carbonyl (C=O) groups excluding carboxylic acids is 1. The molecule has 2 unspecified atom stereocenters. The molecule has 0 spiro atoms. The SMILES string of the molecule is O=C(c1ccc(-c2ccccc2)cc1)N1CCc2cc(C3CC3CCC3CCNCC3)ccc21. The highest BCUT2D eigenvalue weighted by Gasteiger charge is 2.39. The minimum absolute atomic E-state index is 0.109. The Morgan fingerprint density at radius 1 is 0.882 bits per heavy atom. The van der Waals surface area contributed by atoms with E-state index in [1.165, 1.54) is 61.9 Å². The molecule has 2 atom stereocenters. The molecule has 6 rings (SSSR count). The summed E-state index contributed by atoms with van der Waals surface area (Å²) in [6, 6.07) is 25.2. The number of benzene rings is 3. The molecule has 1 N–H and O–H groups in total. The molecular weight excluding hydrogens is 416 g/mol. The summed E-state index contributed by atoms with van der Waals surface area (Å²) in [6.07, 6.45) is 7.81. The quantitative estimate of drug-likeness (QED) is 0.469. The maximum atomic E-state index is 13.3. The van der Waals surface area contributed by atoms with Crippen LogP contribution in [0.25, 0.3) is 11.1 Å². The van der Waals surface area contributed by atoms with E-state index >= 15 is 0 Å². The molecular formula is C31H34N2O. The van der Waals surface area contributed by atoms with Crippen molar-refractivity contribution in [1.29, 1.82) is 0 Å². The highest BCUT2D eigenvalue weighted by atomic mass is 16.2. The third-order valence-electron chi connectivity index (χ3n) is 8.24. The van der Waals surface area contributed by atoms with E-state index < -0.39 is 0 Å². The molecule has 3 heteroatoms. The lowest BCUT2D eigenvalue weighted by Crippen LogP contribution is -2.28. The Morgan fingerprint density at radius 3 is 2.44 bits per heavy atom. The zero-order chi connectivity index (χ0) is 22.9. The molecule has 0 bridgehead atoms. The number of nitrogens with zero attached hydrogens (tertiary/aromatic N) is 1. The molecule has 34 heavy (non-hydrogen) atoms. The Bertz CT molecular complexity index is 1150. The van der Waals surface area contributed by atoms with Crippen LogP contribution in [0.4, 0.5) is 5.69 Å². The van der Waals surface area contributed by atoms with E-state index in [1.807, 2.05) is 35.2 Å². The number of nitrogens with one attached hydrogen (secondary N) is 1. The summed E-state index contributed by atoms with van der Waals surface area (Å²) in [5, 5.41) is 3.48. The summed E-state index contributed by atoms with van der Waals surface area (Å²) in [6.45, 7) is 3.19. The van der Waals surface area contributed by atoms with Gasteiger partial charge in [0.15, 0.2) is 0 Å². The molecule has 3 aromatic rings. The monoisotopic (exact) mass is 450 g/mol. The average molecular weight is 451 g/mol. The largest absolute Gasteiger partial charge is 0.317 e. The minimum Gasteiger partial charge on any atom is -0.317 e. The molecule has 2 fully saturated rings. The van der Waals surface area contributed by atoms with Crippen LogP contribution in [0.3, 0.4) is 0 Å². The Balaban J connectivity index is 1.10. The van der Waals surface area contributed by atoms with Crippen molar-refractivity contribution >= 4 is 11.6 Å². The Hall–Kier alpha value is -2.91.